The van der Waals surface area contributed by atoms with E-state index in [0.717, 1.165) is 10.6 Å². The minimum atomic E-state index is -0.318. The lowest BCUT2D eigenvalue weighted by molar-refractivity contribution is -0.141. The average Bonchev–Trinajstić information content (AvgIpc) is 3.51. The van der Waals surface area contributed by atoms with Crippen LogP contribution in [0.4, 0.5) is 5.69 Å². The van der Waals surface area contributed by atoms with Gasteiger partial charge in [0.1, 0.15) is 0 Å². The largest absolute Gasteiger partial charge is 0.371 e. The van der Waals surface area contributed by atoms with Gasteiger partial charge in [0.2, 0.25) is 11.8 Å². The number of piperazine rings is 1. The number of hydrogen-bond donors (Lipinski definition) is 0. The predicted molar refractivity (Wildman–Crippen MR) is 133 cm³/mol. The zero-order valence-corrected chi connectivity index (χ0v) is 20.9. The van der Waals surface area contributed by atoms with Crippen molar-refractivity contribution in [2.75, 3.05) is 44.2 Å². The Kier molecular flexibility index (Phi) is 6.35. The van der Waals surface area contributed by atoms with Gasteiger partial charge in [-0.15, -0.1) is 11.3 Å². The molecule has 2 saturated heterocycles. The molecule has 2 aromatic rings. The Labute approximate surface area is 209 Å². The minimum absolute atomic E-state index is 0.0529. The summed E-state index contributed by atoms with van der Waals surface area (Å²) in [5.74, 6) is -0.337. The Morgan fingerprint density at radius 2 is 1.60 bits per heavy atom. The van der Waals surface area contributed by atoms with Gasteiger partial charge in [0.05, 0.1) is 22.9 Å². The smallest absolute Gasteiger partial charge is 0.264 e. The molecule has 3 aliphatic heterocycles. The van der Waals surface area contributed by atoms with E-state index in [0.29, 0.717) is 63.2 Å². The van der Waals surface area contributed by atoms with Crippen LogP contribution in [0.25, 0.3) is 0 Å². The van der Waals surface area contributed by atoms with Crippen LogP contribution in [0.15, 0.2) is 35.7 Å². The summed E-state index contributed by atoms with van der Waals surface area (Å²) in [6.45, 7) is 7.11. The first-order chi connectivity index (χ1) is 16.9. The van der Waals surface area contributed by atoms with Crippen LogP contribution in [0, 0.1) is 5.92 Å². The number of nitrogens with zero attached hydrogens (tertiary/aromatic N) is 4. The van der Waals surface area contributed by atoms with Crippen molar-refractivity contribution in [2.45, 2.75) is 32.7 Å². The van der Waals surface area contributed by atoms with E-state index in [-0.39, 0.29) is 35.6 Å². The molecule has 5 rings (SSSR count). The molecular formula is C26H30N4O4S. The molecule has 9 heteroatoms. The second-order valence-electron chi connectivity index (χ2n) is 9.46. The van der Waals surface area contributed by atoms with E-state index in [2.05, 4.69) is 4.90 Å². The van der Waals surface area contributed by atoms with Crippen LogP contribution >= 0.6 is 11.3 Å². The summed E-state index contributed by atoms with van der Waals surface area (Å²) in [4.78, 5) is 59.4. The van der Waals surface area contributed by atoms with Gasteiger partial charge in [-0.05, 0) is 43.3 Å². The molecule has 0 bridgehead atoms. The highest BCUT2D eigenvalue weighted by molar-refractivity contribution is 7.10. The normalized spacial score (nSPS) is 19.8. The molecule has 1 aromatic carbocycles. The molecule has 0 N–H and O–H groups in total. The number of carbonyl (C=O) groups excluding carboxylic acids is 4. The molecule has 184 valence electrons. The summed E-state index contributed by atoms with van der Waals surface area (Å²) in [7, 11) is 0. The first-order valence-electron chi connectivity index (χ1n) is 12.2. The SMILES string of the molecule is CC(=O)N1CCN(C(=O)C2CCN(c3cccc4c3C(=O)N([C@H](C)c3cccs3)C4=O)CC2)CC1. The molecule has 0 aliphatic carbocycles. The highest BCUT2D eigenvalue weighted by Crippen LogP contribution is 2.38. The fraction of sp³-hybridized carbons (Fsp3) is 0.462. The van der Waals surface area contributed by atoms with Gasteiger partial charge in [-0.2, -0.15) is 0 Å². The standard InChI is InChI=1S/C26H30N4O4S/c1-17(22-7-4-16-35-22)30-25(33)20-5-3-6-21(23(20)26(30)34)28-10-8-19(9-11-28)24(32)29-14-12-27(13-15-29)18(2)31/h3-7,16-17,19H,8-15H2,1-2H3/t17-/m1/s1. The van der Waals surface area contributed by atoms with E-state index in [1.807, 2.05) is 41.5 Å². The molecule has 0 unspecified atom stereocenters. The van der Waals surface area contributed by atoms with Crippen molar-refractivity contribution in [3.63, 3.8) is 0 Å². The lowest BCUT2D eigenvalue weighted by atomic mass is 9.93. The van der Waals surface area contributed by atoms with Gasteiger partial charge in [-0.25, -0.2) is 0 Å². The maximum atomic E-state index is 13.5. The predicted octanol–water partition coefficient (Wildman–Crippen LogP) is 3.01. The number of thiophene rings is 1. The molecule has 1 atom stereocenters. The zero-order chi connectivity index (χ0) is 24.7. The van der Waals surface area contributed by atoms with Gasteiger partial charge in [0.15, 0.2) is 0 Å². The number of imide groups is 1. The van der Waals surface area contributed by atoms with Gasteiger partial charge in [0, 0.05) is 57.0 Å². The van der Waals surface area contributed by atoms with E-state index < -0.39 is 0 Å². The molecule has 3 aliphatic rings. The monoisotopic (exact) mass is 494 g/mol. The molecule has 1 aromatic heterocycles. The van der Waals surface area contributed by atoms with Gasteiger partial charge < -0.3 is 14.7 Å². The molecule has 2 fully saturated rings. The number of anilines is 1. The Bertz CT molecular complexity index is 1150. The molecule has 4 heterocycles. The highest BCUT2D eigenvalue weighted by Gasteiger charge is 2.42. The third kappa shape index (κ3) is 4.22. The highest BCUT2D eigenvalue weighted by atomic mass is 32.1. The Morgan fingerprint density at radius 1 is 0.914 bits per heavy atom. The van der Waals surface area contributed by atoms with E-state index >= 15 is 0 Å². The number of carbonyl (C=O) groups is 4. The van der Waals surface area contributed by atoms with E-state index in [1.54, 1.807) is 17.9 Å². The minimum Gasteiger partial charge on any atom is -0.371 e. The second-order valence-corrected chi connectivity index (χ2v) is 10.4. The molecule has 35 heavy (non-hydrogen) atoms. The molecule has 0 saturated carbocycles. The van der Waals surface area contributed by atoms with Crippen LogP contribution < -0.4 is 4.90 Å². The van der Waals surface area contributed by atoms with E-state index in [4.69, 9.17) is 0 Å². The lowest BCUT2D eigenvalue weighted by Gasteiger charge is -2.39. The molecular weight excluding hydrogens is 464 g/mol. The van der Waals surface area contributed by atoms with E-state index in [1.165, 1.54) is 16.2 Å². The fourth-order valence-electron chi connectivity index (χ4n) is 5.42. The fourth-order valence-corrected chi connectivity index (χ4v) is 6.20. The number of piperidine rings is 1. The quantitative estimate of drug-likeness (QED) is 0.611. The number of amides is 4. The summed E-state index contributed by atoms with van der Waals surface area (Å²) >= 11 is 1.54. The van der Waals surface area contributed by atoms with Crippen LogP contribution in [0.3, 0.4) is 0 Å². The number of fused-ring (bicyclic) bond motifs is 1. The number of benzene rings is 1. The summed E-state index contributed by atoms with van der Waals surface area (Å²) < 4.78 is 0. The summed E-state index contributed by atoms with van der Waals surface area (Å²) in [5, 5.41) is 1.95. The summed E-state index contributed by atoms with van der Waals surface area (Å²) in [6.07, 6.45) is 1.40. The van der Waals surface area contributed by atoms with Crippen LogP contribution in [0.1, 0.15) is 58.3 Å². The Morgan fingerprint density at radius 3 is 2.23 bits per heavy atom. The first-order valence-corrected chi connectivity index (χ1v) is 13.1. The van der Waals surface area contributed by atoms with Crippen molar-refractivity contribution in [1.29, 1.82) is 0 Å². The van der Waals surface area contributed by atoms with Crippen LogP contribution in [0.2, 0.25) is 0 Å². The van der Waals surface area contributed by atoms with Crippen LogP contribution in [-0.2, 0) is 9.59 Å². The summed E-state index contributed by atoms with van der Waals surface area (Å²) in [6, 6.07) is 9.03. The summed E-state index contributed by atoms with van der Waals surface area (Å²) in [5.41, 5.74) is 1.71. The number of rotatable bonds is 4. The van der Waals surface area contributed by atoms with E-state index in [9.17, 15) is 19.2 Å². The van der Waals surface area contributed by atoms with Crippen molar-refractivity contribution in [3.05, 3.63) is 51.7 Å². The van der Waals surface area contributed by atoms with Crippen LogP contribution in [0.5, 0.6) is 0 Å². The molecule has 8 nitrogen and oxygen atoms in total. The van der Waals surface area contributed by atoms with Crippen molar-refractivity contribution < 1.29 is 19.2 Å². The third-order valence-electron chi connectivity index (χ3n) is 7.49. The lowest BCUT2D eigenvalue weighted by Crippen LogP contribution is -2.52. The molecule has 0 spiro atoms. The van der Waals surface area contributed by atoms with Crippen molar-refractivity contribution in [2.24, 2.45) is 5.92 Å². The van der Waals surface area contributed by atoms with Gasteiger partial charge in [0.25, 0.3) is 11.8 Å². The maximum Gasteiger partial charge on any atom is 0.264 e. The van der Waals surface area contributed by atoms with Crippen molar-refractivity contribution in [1.82, 2.24) is 14.7 Å². The van der Waals surface area contributed by atoms with Gasteiger partial charge >= 0.3 is 0 Å². The molecule has 4 amide bonds. The zero-order valence-electron chi connectivity index (χ0n) is 20.1. The average molecular weight is 495 g/mol. The number of hydrogen-bond acceptors (Lipinski definition) is 6. The van der Waals surface area contributed by atoms with Crippen molar-refractivity contribution >= 4 is 40.7 Å². The van der Waals surface area contributed by atoms with Gasteiger partial charge in [-0.3, -0.25) is 24.1 Å². The Hall–Kier alpha value is -3.20. The van der Waals surface area contributed by atoms with Gasteiger partial charge in [-0.1, -0.05) is 12.1 Å². The van der Waals surface area contributed by atoms with Crippen LogP contribution in [-0.4, -0.2) is 77.6 Å². The maximum absolute atomic E-state index is 13.5. The molecule has 0 radical (unpaired) electrons. The first kappa shape index (κ1) is 23.5. The van der Waals surface area contributed by atoms with Crippen molar-refractivity contribution in [3.8, 4) is 0 Å². The third-order valence-corrected chi connectivity index (χ3v) is 8.53. The Balaban J connectivity index is 1.27. The topological polar surface area (TPSA) is 81.2 Å². The second kappa shape index (κ2) is 9.45.